The molecule has 0 aliphatic heterocycles. The fraction of sp³-hybridized carbons (Fsp3) is 0.125. The monoisotopic (exact) mass is 251 g/mol. The fourth-order valence-electron chi connectivity index (χ4n) is 1.05. The zero-order valence-electron chi connectivity index (χ0n) is 8.85. The van der Waals surface area contributed by atoms with Gasteiger partial charge in [-0.1, -0.05) is 5.16 Å². The molecule has 8 nitrogen and oxygen atoms in total. The van der Waals surface area contributed by atoms with E-state index in [4.69, 9.17) is 10.9 Å². The molecule has 2 rings (SSSR count). The van der Waals surface area contributed by atoms with E-state index in [-0.39, 0.29) is 5.84 Å². The molecule has 2 aromatic heterocycles. The van der Waals surface area contributed by atoms with Crippen molar-refractivity contribution in [2.24, 2.45) is 17.9 Å². The second-order valence-electron chi connectivity index (χ2n) is 3.06. The van der Waals surface area contributed by atoms with Crippen LogP contribution in [0.25, 0.3) is 0 Å². The standard InChI is InChI=1S/C8H9N7OS/c1-15-8(11-13-14-15)17-6-3-2-5(4-10-6)7(9)12-16/h2-4,16H,1H3,(H2,9,12). The number of oxime groups is 1. The normalized spacial score (nSPS) is 11.7. The number of aryl methyl sites for hydroxylation is 1. The van der Waals surface area contributed by atoms with Crippen molar-refractivity contribution in [3.8, 4) is 0 Å². The van der Waals surface area contributed by atoms with E-state index in [9.17, 15) is 0 Å². The number of amidine groups is 1. The topological polar surface area (TPSA) is 115 Å². The second-order valence-corrected chi connectivity index (χ2v) is 4.05. The quantitative estimate of drug-likeness (QED) is 0.337. The Morgan fingerprint density at radius 2 is 2.35 bits per heavy atom. The van der Waals surface area contributed by atoms with Crippen molar-refractivity contribution >= 4 is 17.6 Å². The van der Waals surface area contributed by atoms with Crippen molar-refractivity contribution in [3.63, 3.8) is 0 Å². The van der Waals surface area contributed by atoms with Crippen LogP contribution < -0.4 is 5.73 Å². The molecule has 17 heavy (non-hydrogen) atoms. The van der Waals surface area contributed by atoms with Gasteiger partial charge in [-0.25, -0.2) is 9.67 Å². The SMILES string of the molecule is Cn1nnnc1Sc1ccc(/C(N)=N/O)cn1. The summed E-state index contributed by atoms with van der Waals surface area (Å²) in [7, 11) is 1.74. The highest BCUT2D eigenvalue weighted by atomic mass is 32.2. The van der Waals surface area contributed by atoms with Gasteiger partial charge in [-0.15, -0.1) is 5.10 Å². The zero-order valence-corrected chi connectivity index (χ0v) is 9.66. The number of hydrogen-bond donors (Lipinski definition) is 2. The van der Waals surface area contributed by atoms with Crippen LogP contribution in [0, 0.1) is 0 Å². The molecule has 3 N–H and O–H groups in total. The van der Waals surface area contributed by atoms with Crippen LogP contribution in [0.3, 0.4) is 0 Å². The Hall–Kier alpha value is -2.16. The van der Waals surface area contributed by atoms with E-state index in [1.165, 1.54) is 18.0 Å². The van der Waals surface area contributed by atoms with E-state index in [2.05, 4.69) is 25.7 Å². The first kappa shape index (κ1) is 11.3. The minimum absolute atomic E-state index is 0.0226. The maximum absolute atomic E-state index is 8.50. The number of tetrazole rings is 1. The molecule has 0 amide bonds. The summed E-state index contributed by atoms with van der Waals surface area (Å²) < 4.78 is 1.55. The van der Waals surface area contributed by atoms with Crippen LogP contribution in [0.4, 0.5) is 0 Å². The lowest BCUT2D eigenvalue weighted by Crippen LogP contribution is -2.13. The predicted molar refractivity (Wildman–Crippen MR) is 59.7 cm³/mol. The van der Waals surface area contributed by atoms with Crippen molar-refractivity contribution in [2.75, 3.05) is 0 Å². The summed E-state index contributed by atoms with van der Waals surface area (Å²) in [5.74, 6) is 0.0226. The van der Waals surface area contributed by atoms with Crippen LogP contribution in [-0.2, 0) is 7.05 Å². The molecule has 0 bridgehead atoms. The lowest BCUT2D eigenvalue weighted by atomic mass is 10.3. The first-order valence-corrected chi connectivity index (χ1v) is 5.36. The van der Waals surface area contributed by atoms with Gasteiger partial charge in [0.25, 0.3) is 0 Å². The second kappa shape index (κ2) is 4.78. The van der Waals surface area contributed by atoms with Gasteiger partial charge in [0, 0.05) is 18.8 Å². The Labute approximate surface area is 101 Å². The largest absolute Gasteiger partial charge is 0.409 e. The number of pyridine rings is 1. The van der Waals surface area contributed by atoms with Gasteiger partial charge in [-0.05, 0) is 34.3 Å². The minimum atomic E-state index is 0.0226. The molecular weight excluding hydrogens is 242 g/mol. The van der Waals surface area contributed by atoms with E-state index in [0.717, 1.165) is 5.03 Å². The fourth-order valence-corrected chi connectivity index (χ4v) is 1.73. The van der Waals surface area contributed by atoms with Gasteiger partial charge < -0.3 is 10.9 Å². The molecule has 0 fully saturated rings. The third-order valence-corrected chi connectivity index (χ3v) is 2.90. The van der Waals surface area contributed by atoms with Crippen LogP contribution in [0.15, 0.2) is 33.7 Å². The van der Waals surface area contributed by atoms with E-state index in [1.54, 1.807) is 23.9 Å². The average Bonchev–Trinajstić information content (AvgIpc) is 2.75. The van der Waals surface area contributed by atoms with Crippen LogP contribution in [0.1, 0.15) is 5.56 Å². The van der Waals surface area contributed by atoms with Crippen LogP contribution >= 0.6 is 11.8 Å². The zero-order chi connectivity index (χ0) is 12.3. The van der Waals surface area contributed by atoms with Crippen LogP contribution in [0.2, 0.25) is 0 Å². The van der Waals surface area contributed by atoms with Gasteiger partial charge in [0.15, 0.2) is 5.84 Å². The number of hydrogen-bond acceptors (Lipinski definition) is 7. The summed E-state index contributed by atoms with van der Waals surface area (Å²) in [6.45, 7) is 0. The number of nitrogens with zero attached hydrogens (tertiary/aromatic N) is 6. The highest BCUT2D eigenvalue weighted by Crippen LogP contribution is 2.22. The molecule has 88 valence electrons. The van der Waals surface area contributed by atoms with Crippen molar-refractivity contribution < 1.29 is 5.21 Å². The van der Waals surface area contributed by atoms with Gasteiger partial charge in [-0.3, -0.25) is 0 Å². The highest BCUT2D eigenvalue weighted by Gasteiger charge is 2.06. The summed E-state index contributed by atoms with van der Waals surface area (Å²) >= 11 is 1.32. The molecule has 0 unspecified atom stereocenters. The third-order valence-electron chi connectivity index (χ3n) is 1.92. The summed E-state index contributed by atoms with van der Waals surface area (Å²) in [6.07, 6.45) is 1.52. The molecule has 0 aliphatic rings. The lowest BCUT2D eigenvalue weighted by Gasteiger charge is -2.00. The molecule has 9 heteroatoms. The molecule has 0 atom stereocenters. The molecule has 2 aromatic rings. The summed E-state index contributed by atoms with van der Waals surface area (Å²) in [5, 5.41) is 23.8. The Kier molecular flexibility index (Phi) is 3.19. The Balaban J connectivity index is 2.17. The summed E-state index contributed by atoms with van der Waals surface area (Å²) in [4.78, 5) is 4.15. The van der Waals surface area contributed by atoms with E-state index < -0.39 is 0 Å². The number of aromatic nitrogens is 5. The molecule has 0 aliphatic carbocycles. The molecule has 0 radical (unpaired) electrons. The molecule has 0 aromatic carbocycles. The van der Waals surface area contributed by atoms with Gasteiger partial charge in [0.1, 0.15) is 5.03 Å². The maximum Gasteiger partial charge on any atom is 0.215 e. The van der Waals surface area contributed by atoms with Gasteiger partial charge in [-0.2, -0.15) is 0 Å². The predicted octanol–water partition coefficient (Wildman–Crippen LogP) is -0.149. The number of rotatable bonds is 3. The average molecular weight is 251 g/mol. The Morgan fingerprint density at radius 1 is 1.53 bits per heavy atom. The minimum Gasteiger partial charge on any atom is -0.409 e. The molecule has 2 heterocycles. The Bertz CT molecular complexity index is 535. The van der Waals surface area contributed by atoms with Crippen molar-refractivity contribution in [3.05, 3.63) is 23.9 Å². The van der Waals surface area contributed by atoms with E-state index in [0.29, 0.717) is 10.7 Å². The van der Waals surface area contributed by atoms with Gasteiger partial charge in [0.2, 0.25) is 5.16 Å². The van der Waals surface area contributed by atoms with Gasteiger partial charge in [0.05, 0.1) is 0 Å². The van der Waals surface area contributed by atoms with E-state index in [1.807, 2.05) is 0 Å². The van der Waals surface area contributed by atoms with Crippen molar-refractivity contribution in [1.29, 1.82) is 0 Å². The molecule has 0 saturated carbocycles. The summed E-state index contributed by atoms with van der Waals surface area (Å²) in [5.41, 5.74) is 5.97. The van der Waals surface area contributed by atoms with Gasteiger partial charge >= 0.3 is 0 Å². The molecule has 0 saturated heterocycles. The molecule has 0 spiro atoms. The highest BCUT2D eigenvalue weighted by molar-refractivity contribution is 7.99. The lowest BCUT2D eigenvalue weighted by molar-refractivity contribution is 0.318. The van der Waals surface area contributed by atoms with Crippen molar-refractivity contribution in [1.82, 2.24) is 25.2 Å². The van der Waals surface area contributed by atoms with Crippen LogP contribution in [-0.4, -0.2) is 36.2 Å². The first-order chi connectivity index (χ1) is 8.20. The van der Waals surface area contributed by atoms with E-state index >= 15 is 0 Å². The Morgan fingerprint density at radius 3 is 2.88 bits per heavy atom. The van der Waals surface area contributed by atoms with Crippen LogP contribution in [0.5, 0.6) is 0 Å². The smallest absolute Gasteiger partial charge is 0.215 e. The summed E-state index contributed by atoms with van der Waals surface area (Å²) in [6, 6.07) is 3.45. The van der Waals surface area contributed by atoms with Crippen molar-refractivity contribution in [2.45, 2.75) is 10.2 Å². The first-order valence-electron chi connectivity index (χ1n) is 4.55. The number of nitrogens with two attached hydrogens (primary N) is 1. The molecular formula is C8H9N7OS. The maximum atomic E-state index is 8.50. The third kappa shape index (κ3) is 2.50.